The number of hydrogen-bond acceptors (Lipinski definition) is 1. The molecule has 0 bridgehead atoms. The summed E-state index contributed by atoms with van der Waals surface area (Å²) in [5.41, 5.74) is 2.12. The third-order valence-electron chi connectivity index (χ3n) is 2.72. The van der Waals surface area contributed by atoms with Crippen molar-refractivity contribution >= 4 is 21.7 Å². The molecular formula is C14H19BrO. The summed E-state index contributed by atoms with van der Waals surface area (Å²) in [4.78, 5) is 11.6. The number of benzene rings is 1. The molecule has 0 atom stereocenters. The van der Waals surface area contributed by atoms with Crippen molar-refractivity contribution in [3.05, 3.63) is 33.8 Å². The first-order valence-corrected chi connectivity index (χ1v) is 6.80. The Hall–Kier alpha value is -0.630. The van der Waals surface area contributed by atoms with Crippen LogP contribution in [0.15, 0.2) is 22.7 Å². The number of ketones is 1. The van der Waals surface area contributed by atoms with E-state index in [1.165, 1.54) is 24.8 Å². The summed E-state index contributed by atoms with van der Waals surface area (Å²) in [6.45, 7) is 4.10. The van der Waals surface area contributed by atoms with Crippen molar-refractivity contribution in [1.82, 2.24) is 0 Å². The molecule has 2 heteroatoms. The van der Waals surface area contributed by atoms with E-state index in [0.29, 0.717) is 6.42 Å². The lowest BCUT2D eigenvalue weighted by atomic mass is 10.0. The standard InChI is InChI=1S/C14H19BrO/c1-3-5-6-7-11-8-9-12(13(15)10-11)14(16)4-2/h8-10H,3-7H2,1-2H3. The van der Waals surface area contributed by atoms with Crippen molar-refractivity contribution in [2.75, 3.05) is 0 Å². The number of Topliss-reactive ketones (excluding diaryl/α,β-unsaturated/α-hetero) is 1. The van der Waals surface area contributed by atoms with E-state index < -0.39 is 0 Å². The monoisotopic (exact) mass is 282 g/mol. The van der Waals surface area contributed by atoms with Gasteiger partial charge in [-0.05, 0) is 30.5 Å². The van der Waals surface area contributed by atoms with Gasteiger partial charge in [0, 0.05) is 16.5 Å². The summed E-state index contributed by atoms with van der Waals surface area (Å²) in [6, 6.07) is 6.10. The van der Waals surface area contributed by atoms with E-state index in [4.69, 9.17) is 0 Å². The van der Waals surface area contributed by atoms with Crippen LogP contribution in [0.25, 0.3) is 0 Å². The van der Waals surface area contributed by atoms with Crippen LogP contribution in [0, 0.1) is 0 Å². The Morgan fingerprint density at radius 2 is 2.00 bits per heavy atom. The van der Waals surface area contributed by atoms with Gasteiger partial charge in [0.1, 0.15) is 0 Å². The third-order valence-corrected chi connectivity index (χ3v) is 3.38. The van der Waals surface area contributed by atoms with Crippen LogP contribution < -0.4 is 0 Å². The molecule has 0 saturated carbocycles. The first-order chi connectivity index (χ1) is 7.69. The molecule has 0 aliphatic carbocycles. The molecule has 0 aromatic heterocycles. The van der Waals surface area contributed by atoms with Gasteiger partial charge in [-0.3, -0.25) is 4.79 Å². The van der Waals surface area contributed by atoms with E-state index in [1.807, 2.05) is 13.0 Å². The lowest BCUT2D eigenvalue weighted by molar-refractivity contribution is 0.0987. The van der Waals surface area contributed by atoms with Gasteiger partial charge in [-0.2, -0.15) is 0 Å². The molecule has 16 heavy (non-hydrogen) atoms. The summed E-state index contributed by atoms with van der Waals surface area (Å²) in [6.07, 6.45) is 5.41. The number of carbonyl (C=O) groups is 1. The Balaban J connectivity index is 2.71. The zero-order valence-corrected chi connectivity index (χ0v) is 11.6. The molecule has 88 valence electrons. The smallest absolute Gasteiger partial charge is 0.163 e. The molecule has 0 aliphatic heterocycles. The van der Waals surface area contributed by atoms with Gasteiger partial charge in [0.2, 0.25) is 0 Å². The van der Waals surface area contributed by atoms with Crippen molar-refractivity contribution in [1.29, 1.82) is 0 Å². The van der Waals surface area contributed by atoms with Crippen molar-refractivity contribution < 1.29 is 4.79 Å². The number of carbonyl (C=O) groups excluding carboxylic acids is 1. The molecule has 0 spiro atoms. The molecule has 0 radical (unpaired) electrons. The van der Waals surface area contributed by atoms with Crippen LogP contribution in [-0.4, -0.2) is 5.78 Å². The molecule has 1 nitrogen and oxygen atoms in total. The molecule has 0 aliphatic rings. The lowest BCUT2D eigenvalue weighted by Gasteiger charge is -2.05. The fourth-order valence-corrected chi connectivity index (χ4v) is 2.36. The number of rotatable bonds is 6. The van der Waals surface area contributed by atoms with Gasteiger partial charge in [-0.1, -0.05) is 48.7 Å². The molecule has 0 heterocycles. The molecule has 0 saturated heterocycles. The van der Waals surface area contributed by atoms with Crippen LogP contribution in [0.1, 0.15) is 55.5 Å². The molecule has 1 aromatic rings. The fraction of sp³-hybridized carbons (Fsp3) is 0.500. The summed E-state index contributed by atoms with van der Waals surface area (Å²) in [5.74, 6) is 0.201. The average Bonchev–Trinajstić information content (AvgIpc) is 2.29. The maximum absolute atomic E-state index is 11.6. The predicted molar refractivity (Wildman–Crippen MR) is 72.0 cm³/mol. The molecular weight excluding hydrogens is 264 g/mol. The van der Waals surface area contributed by atoms with E-state index in [9.17, 15) is 4.79 Å². The van der Waals surface area contributed by atoms with Crippen molar-refractivity contribution in [3.8, 4) is 0 Å². The van der Waals surface area contributed by atoms with Gasteiger partial charge in [-0.15, -0.1) is 0 Å². The van der Waals surface area contributed by atoms with Gasteiger partial charge in [0.15, 0.2) is 5.78 Å². The van der Waals surface area contributed by atoms with Gasteiger partial charge in [0.05, 0.1) is 0 Å². The van der Waals surface area contributed by atoms with Gasteiger partial charge in [-0.25, -0.2) is 0 Å². The largest absolute Gasteiger partial charge is 0.294 e. The number of aryl methyl sites for hydroxylation is 1. The van der Waals surface area contributed by atoms with E-state index >= 15 is 0 Å². The average molecular weight is 283 g/mol. The van der Waals surface area contributed by atoms with E-state index in [-0.39, 0.29) is 5.78 Å². The zero-order chi connectivity index (χ0) is 12.0. The summed E-state index contributed by atoms with van der Waals surface area (Å²) >= 11 is 3.48. The van der Waals surface area contributed by atoms with E-state index in [0.717, 1.165) is 16.5 Å². The van der Waals surface area contributed by atoms with Crippen LogP contribution >= 0.6 is 15.9 Å². The maximum atomic E-state index is 11.6. The van der Waals surface area contributed by atoms with Crippen LogP contribution in [0.2, 0.25) is 0 Å². The van der Waals surface area contributed by atoms with Crippen molar-refractivity contribution in [2.45, 2.75) is 46.0 Å². The molecule has 0 unspecified atom stereocenters. The molecule has 0 N–H and O–H groups in total. The number of hydrogen-bond donors (Lipinski definition) is 0. The highest BCUT2D eigenvalue weighted by Crippen LogP contribution is 2.21. The highest BCUT2D eigenvalue weighted by Gasteiger charge is 2.08. The number of halogens is 1. The van der Waals surface area contributed by atoms with Crippen LogP contribution in [0.5, 0.6) is 0 Å². The summed E-state index contributed by atoms with van der Waals surface area (Å²) in [7, 11) is 0. The SMILES string of the molecule is CCCCCc1ccc(C(=O)CC)c(Br)c1. The minimum Gasteiger partial charge on any atom is -0.294 e. The topological polar surface area (TPSA) is 17.1 Å². The van der Waals surface area contributed by atoms with Gasteiger partial charge in [0.25, 0.3) is 0 Å². The Kier molecular flexibility index (Phi) is 5.75. The lowest BCUT2D eigenvalue weighted by Crippen LogP contribution is -1.98. The molecule has 0 amide bonds. The third kappa shape index (κ3) is 3.75. The second-order valence-electron chi connectivity index (χ2n) is 4.05. The van der Waals surface area contributed by atoms with Gasteiger partial charge < -0.3 is 0 Å². The van der Waals surface area contributed by atoms with Crippen molar-refractivity contribution in [3.63, 3.8) is 0 Å². The molecule has 1 rings (SSSR count). The Morgan fingerprint density at radius 3 is 2.56 bits per heavy atom. The fourth-order valence-electron chi connectivity index (χ4n) is 1.71. The van der Waals surface area contributed by atoms with Crippen LogP contribution in [-0.2, 0) is 6.42 Å². The quantitative estimate of drug-likeness (QED) is 0.542. The Bertz CT molecular complexity index is 358. The second-order valence-corrected chi connectivity index (χ2v) is 4.90. The van der Waals surface area contributed by atoms with Crippen LogP contribution in [0.4, 0.5) is 0 Å². The minimum absolute atomic E-state index is 0.201. The highest BCUT2D eigenvalue weighted by atomic mass is 79.9. The number of unbranched alkanes of at least 4 members (excludes halogenated alkanes) is 2. The Morgan fingerprint density at radius 1 is 1.25 bits per heavy atom. The predicted octanol–water partition coefficient (Wildman–Crippen LogP) is 4.77. The first-order valence-electron chi connectivity index (χ1n) is 6.00. The van der Waals surface area contributed by atoms with E-state index in [1.54, 1.807) is 0 Å². The van der Waals surface area contributed by atoms with E-state index in [2.05, 4.69) is 35.0 Å². The first kappa shape index (κ1) is 13.4. The van der Waals surface area contributed by atoms with Gasteiger partial charge >= 0.3 is 0 Å². The van der Waals surface area contributed by atoms with Crippen LogP contribution in [0.3, 0.4) is 0 Å². The second kappa shape index (κ2) is 6.85. The summed E-state index contributed by atoms with van der Waals surface area (Å²) < 4.78 is 0.938. The summed E-state index contributed by atoms with van der Waals surface area (Å²) in [5, 5.41) is 0. The molecule has 1 aromatic carbocycles. The highest BCUT2D eigenvalue weighted by molar-refractivity contribution is 9.10. The maximum Gasteiger partial charge on any atom is 0.163 e. The zero-order valence-electron chi connectivity index (χ0n) is 10.1. The molecule has 0 fully saturated rings. The normalized spacial score (nSPS) is 10.4. The Labute approximate surface area is 106 Å². The minimum atomic E-state index is 0.201. The van der Waals surface area contributed by atoms with Crippen molar-refractivity contribution in [2.24, 2.45) is 0 Å².